The first-order chi connectivity index (χ1) is 13.7. The summed E-state index contributed by atoms with van der Waals surface area (Å²) in [4.78, 5) is 20.6. The summed E-state index contributed by atoms with van der Waals surface area (Å²) in [6.45, 7) is 0. The molecule has 0 spiro atoms. The third kappa shape index (κ3) is 4.33. The summed E-state index contributed by atoms with van der Waals surface area (Å²) in [6, 6.07) is 6.69. The summed E-state index contributed by atoms with van der Waals surface area (Å²) in [7, 11) is 0. The first-order valence-corrected chi connectivity index (χ1v) is 9.41. The molecule has 2 heterocycles. The number of aryl methyl sites for hydroxylation is 1. The Hall–Kier alpha value is -3.29. The molecule has 1 fully saturated rings. The number of aromatic nitrogens is 4. The highest BCUT2D eigenvalue weighted by Gasteiger charge is 2.22. The quantitative estimate of drug-likeness (QED) is 0.674. The minimum Gasteiger partial charge on any atom is -0.508 e. The summed E-state index contributed by atoms with van der Waals surface area (Å²) >= 11 is 0. The van der Waals surface area contributed by atoms with Gasteiger partial charge in [0.05, 0.1) is 18.1 Å². The van der Waals surface area contributed by atoms with Gasteiger partial charge in [-0.15, -0.1) is 10.2 Å². The van der Waals surface area contributed by atoms with Crippen molar-refractivity contribution in [1.82, 2.24) is 20.2 Å². The van der Waals surface area contributed by atoms with Crippen LogP contribution < -0.4 is 5.32 Å². The molecule has 0 aliphatic heterocycles. The molecule has 0 unspecified atom stereocenters. The first-order valence-electron chi connectivity index (χ1n) is 9.41. The van der Waals surface area contributed by atoms with Crippen molar-refractivity contribution in [3.8, 4) is 17.1 Å². The Morgan fingerprint density at radius 2 is 1.96 bits per heavy atom. The summed E-state index contributed by atoms with van der Waals surface area (Å²) in [5, 5.41) is 20.5. The van der Waals surface area contributed by atoms with E-state index in [1.165, 1.54) is 25.2 Å². The van der Waals surface area contributed by atoms with E-state index in [9.17, 15) is 9.90 Å². The van der Waals surface area contributed by atoms with Gasteiger partial charge in [0.2, 0.25) is 17.7 Å². The topological polar surface area (TPSA) is 114 Å². The Labute approximate surface area is 162 Å². The second-order valence-electron chi connectivity index (χ2n) is 6.91. The molecule has 4 rings (SSSR count). The molecule has 3 aromatic rings. The van der Waals surface area contributed by atoms with Crippen LogP contribution >= 0.6 is 0 Å². The Kier molecular flexibility index (Phi) is 5.27. The molecule has 8 nitrogen and oxygen atoms in total. The van der Waals surface area contributed by atoms with Crippen LogP contribution in [0.4, 0.5) is 5.69 Å². The van der Waals surface area contributed by atoms with Crippen LogP contribution in [0.3, 0.4) is 0 Å². The largest absolute Gasteiger partial charge is 0.508 e. The fourth-order valence-electron chi connectivity index (χ4n) is 3.34. The molecule has 8 heteroatoms. The number of hydrogen-bond acceptors (Lipinski definition) is 7. The van der Waals surface area contributed by atoms with E-state index in [0.717, 1.165) is 12.8 Å². The van der Waals surface area contributed by atoms with Gasteiger partial charge in [-0.25, -0.2) is 9.97 Å². The van der Waals surface area contributed by atoms with Gasteiger partial charge in [0, 0.05) is 24.3 Å². The van der Waals surface area contributed by atoms with Gasteiger partial charge in [-0.3, -0.25) is 4.79 Å². The van der Waals surface area contributed by atoms with Gasteiger partial charge in [-0.2, -0.15) is 0 Å². The molecular weight excluding hydrogens is 358 g/mol. The molecule has 0 bridgehead atoms. The summed E-state index contributed by atoms with van der Waals surface area (Å²) in [6.07, 6.45) is 8.31. The van der Waals surface area contributed by atoms with E-state index in [-0.39, 0.29) is 18.1 Å². The highest BCUT2D eigenvalue weighted by Crippen LogP contribution is 2.33. The third-order valence-electron chi connectivity index (χ3n) is 4.79. The maximum Gasteiger partial charge on any atom is 0.224 e. The van der Waals surface area contributed by atoms with Crippen LogP contribution in [0.15, 0.2) is 41.1 Å². The molecule has 28 heavy (non-hydrogen) atoms. The highest BCUT2D eigenvalue weighted by molar-refractivity contribution is 5.90. The number of rotatable bonds is 6. The smallest absolute Gasteiger partial charge is 0.224 e. The van der Waals surface area contributed by atoms with Crippen molar-refractivity contribution < 1.29 is 14.3 Å². The normalized spacial score (nSPS) is 14.3. The van der Waals surface area contributed by atoms with E-state index < -0.39 is 0 Å². The average Bonchev–Trinajstić information content (AvgIpc) is 3.39. The molecule has 1 aromatic carbocycles. The zero-order chi connectivity index (χ0) is 19.3. The van der Waals surface area contributed by atoms with Crippen LogP contribution in [0.5, 0.6) is 5.75 Å². The van der Waals surface area contributed by atoms with Gasteiger partial charge in [-0.1, -0.05) is 25.0 Å². The van der Waals surface area contributed by atoms with Gasteiger partial charge in [-0.05, 0) is 25.0 Å². The maximum atomic E-state index is 12.2. The number of benzene rings is 1. The third-order valence-corrected chi connectivity index (χ3v) is 4.79. The molecule has 0 radical (unpaired) electrons. The van der Waals surface area contributed by atoms with Gasteiger partial charge in [0.25, 0.3) is 0 Å². The fraction of sp³-hybridized carbons (Fsp3) is 0.350. The monoisotopic (exact) mass is 379 g/mol. The van der Waals surface area contributed by atoms with Gasteiger partial charge < -0.3 is 14.8 Å². The summed E-state index contributed by atoms with van der Waals surface area (Å²) < 4.78 is 5.70. The van der Waals surface area contributed by atoms with Crippen LogP contribution in [-0.2, 0) is 11.2 Å². The first kappa shape index (κ1) is 18.1. The molecule has 1 saturated carbocycles. The number of carbonyl (C=O) groups excluding carboxylic acids is 1. The Morgan fingerprint density at radius 3 is 2.71 bits per heavy atom. The van der Waals surface area contributed by atoms with Gasteiger partial charge in [0.15, 0.2) is 5.82 Å². The Morgan fingerprint density at radius 1 is 1.18 bits per heavy atom. The lowest BCUT2D eigenvalue weighted by atomic mass is 10.1. The van der Waals surface area contributed by atoms with Crippen molar-refractivity contribution in [2.45, 2.75) is 44.4 Å². The van der Waals surface area contributed by atoms with E-state index in [4.69, 9.17) is 4.42 Å². The van der Waals surface area contributed by atoms with Crippen molar-refractivity contribution in [2.75, 3.05) is 5.32 Å². The lowest BCUT2D eigenvalue weighted by molar-refractivity contribution is -0.116. The SMILES string of the molecule is O=C(CCc1nnc(C2CCCC2)o1)Nc1cnc(-c2cccc(O)c2)nc1. The highest BCUT2D eigenvalue weighted by atomic mass is 16.4. The number of anilines is 1. The van der Waals surface area contributed by atoms with Gasteiger partial charge in [0.1, 0.15) is 5.75 Å². The second kappa shape index (κ2) is 8.16. The van der Waals surface area contributed by atoms with Crippen LogP contribution in [0.25, 0.3) is 11.4 Å². The number of phenolic OH excluding ortho intramolecular Hbond substituents is 1. The Balaban J connectivity index is 1.30. The molecule has 1 aliphatic rings. The standard InChI is InChI=1S/C20H21N5O3/c26-16-7-3-6-14(10-16)19-21-11-15(12-22-19)23-17(27)8-9-18-24-25-20(28-18)13-4-1-2-5-13/h3,6-7,10-13,26H,1-2,4-5,8-9H2,(H,23,27). The van der Waals surface area contributed by atoms with Gasteiger partial charge >= 0.3 is 0 Å². The predicted molar refractivity (Wildman–Crippen MR) is 102 cm³/mol. The minimum absolute atomic E-state index is 0.149. The zero-order valence-electron chi connectivity index (χ0n) is 15.3. The van der Waals surface area contributed by atoms with Crippen molar-refractivity contribution in [3.63, 3.8) is 0 Å². The molecule has 2 N–H and O–H groups in total. The number of nitrogens with zero attached hydrogens (tertiary/aromatic N) is 4. The fourth-order valence-corrected chi connectivity index (χ4v) is 3.34. The number of hydrogen-bond donors (Lipinski definition) is 2. The molecule has 1 amide bonds. The lowest BCUT2D eigenvalue weighted by Gasteiger charge is -2.05. The van der Waals surface area contributed by atoms with Crippen LogP contribution in [-0.4, -0.2) is 31.2 Å². The van der Waals surface area contributed by atoms with Crippen molar-refractivity contribution >= 4 is 11.6 Å². The van der Waals surface area contributed by atoms with Crippen molar-refractivity contribution in [3.05, 3.63) is 48.4 Å². The molecule has 0 atom stereocenters. The molecular formula is C20H21N5O3. The van der Waals surface area contributed by atoms with E-state index in [1.807, 2.05) is 0 Å². The van der Waals surface area contributed by atoms with Crippen LogP contribution in [0.1, 0.15) is 49.8 Å². The summed E-state index contributed by atoms with van der Waals surface area (Å²) in [5.74, 6) is 2.01. The minimum atomic E-state index is -0.172. The lowest BCUT2D eigenvalue weighted by Crippen LogP contribution is -2.13. The number of nitrogens with one attached hydrogen (secondary N) is 1. The van der Waals surface area contributed by atoms with E-state index in [0.29, 0.717) is 41.2 Å². The van der Waals surface area contributed by atoms with E-state index in [1.54, 1.807) is 24.3 Å². The molecule has 144 valence electrons. The van der Waals surface area contributed by atoms with E-state index >= 15 is 0 Å². The number of carbonyl (C=O) groups is 1. The predicted octanol–water partition coefficient (Wildman–Crippen LogP) is 3.46. The maximum absolute atomic E-state index is 12.2. The molecule has 2 aromatic heterocycles. The zero-order valence-corrected chi connectivity index (χ0v) is 15.3. The molecule has 1 aliphatic carbocycles. The number of amides is 1. The Bertz CT molecular complexity index is 948. The number of aromatic hydroxyl groups is 1. The van der Waals surface area contributed by atoms with Crippen molar-refractivity contribution in [2.24, 2.45) is 0 Å². The number of phenols is 1. The second-order valence-corrected chi connectivity index (χ2v) is 6.91. The summed E-state index contributed by atoms with van der Waals surface area (Å²) in [5.41, 5.74) is 1.21. The van der Waals surface area contributed by atoms with Crippen LogP contribution in [0, 0.1) is 0 Å². The molecule has 0 saturated heterocycles. The van der Waals surface area contributed by atoms with Crippen molar-refractivity contribution in [1.29, 1.82) is 0 Å². The van der Waals surface area contributed by atoms with E-state index in [2.05, 4.69) is 25.5 Å². The van der Waals surface area contributed by atoms with Crippen LogP contribution in [0.2, 0.25) is 0 Å². The average molecular weight is 379 g/mol.